The number of ketones is 1. The van der Waals surface area contributed by atoms with Crippen LogP contribution in [-0.2, 0) is 25.5 Å². The van der Waals surface area contributed by atoms with Crippen molar-refractivity contribution in [2.45, 2.75) is 70.2 Å². The highest BCUT2D eigenvalue weighted by Crippen LogP contribution is 2.44. The van der Waals surface area contributed by atoms with E-state index in [1.54, 1.807) is 22.4 Å². The number of hydrogen-bond donors (Lipinski definition) is 2. The smallest absolute Gasteiger partial charge is 0.407 e. The molecule has 1 aromatic carbocycles. The van der Waals surface area contributed by atoms with Crippen LogP contribution in [0.15, 0.2) is 54.9 Å². The van der Waals surface area contributed by atoms with Crippen LogP contribution in [-0.4, -0.2) is 84.6 Å². The van der Waals surface area contributed by atoms with Crippen LogP contribution in [0, 0.1) is 5.41 Å². The second kappa shape index (κ2) is 14.8. The topological polar surface area (TPSA) is 125 Å². The molecule has 3 heterocycles. The largest absolute Gasteiger partial charge is 0.449 e. The Morgan fingerprint density at radius 1 is 1.07 bits per heavy atom. The molecule has 2 aliphatic heterocycles. The van der Waals surface area contributed by atoms with Gasteiger partial charge in [-0.15, -0.1) is 5.06 Å². The molecule has 4 atom stereocenters. The average molecular weight is 594 g/mol. The van der Waals surface area contributed by atoms with Crippen LogP contribution in [0.2, 0.25) is 0 Å². The van der Waals surface area contributed by atoms with Gasteiger partial charge < -0.3 is 25.0 Å². The van der Waals surface area contributed by atoms with Crippen molar-refractivity contribution < 1.29 is 28.7 Å². The van der Waals surface area contributed by atoms with Crippen LogP contribution in [0.4, 0.5) is 9.59 Å². The number of hydroxylamine groups is 2. The summed E-state index contributed by atoms with van der Waals surface area (Å²) in [5.74, 6) is -0.202. The Kier molecular flexibility index (Phi) is 10.6. The van der Waals surface area contributed by atoms with E-state index in [2.05, 4.69) is 15.6 Å². The Labute approximate surface area is 253 Å². The lowest BCUT2D eigenvalue weighted by atomic mass is 9.66. The summed E-state index contributed by atoms with van der Waals surface area (Å²) in [6, 6.07) is 12.9. The number of amides is 3. The van der Waals surface area contributed by atoms with E-state index < -0.39 is 18.4 Å². The Morgan fingerprint density at radius 2 is 1.81 bits per heavy atom. The molecule has 3 aliphatic rings. The molecule has 1 aromatic heterocycles. The maximum absolute atomic E-state index is 13.5. The molecule has 0 spiro atoms. The average Bonchev–Trinajstić information content (AvgIpc) is 3.83. The summed E-state index contributed by atoms with van der Waals surface area (Å²) in [5.41, 5.74) is 2.13. The minimum absolute atomic E-state index is 0.0849. The zero-order valence-electron chi connectivity index (χ0n) is 24.9. The van der Waals surface area contributed by atoms with E-state index in [4.69, 9.17) is 14.3 Å². The SMILES string of the molecule is C[C@H](c1ccccc1)N1OC1C(=O)[C@H](CCCCNC(=O)N1CCOCC1)NC(=O)OCC1(Cc2ccncc2)CCC1. The fourth-order valence-electron chi connectivity index (χ4n) is 5.83. The van der Waals surface area contributed by atoms with E-state index in [0.29, 0.717) is 58.7 Å². The number of rotatable bonds is 14. The zero-order valence-corrected chi connectivity index (χ0v) is 24.9. The van der Waals surface area contributed by atoms with E-state index in [-0.39, 0.29) is 23.3 Å². The molecule has 0 radical (unpaired) electrons. The maximum Gasteiger partial charge on any atom is 0.407 e. The summed E-state index contributed by atoms with van der Waals surface area (Å²) in [5, 5.41) is 7.44. The molecule has 2 aromatic rings. The highest BCUT2D eigenvalue weighted by Gasteiger charge is 2.49. The molecule has 11 nitrogen and oxygen atoms in total. The molecule has 5 rings (SSSR count). The van der Waals surface area contributed by atoms with Crippen molar-refractivity contribution >= 4 is 17.9 Å². The molecule has 2 N–H and O–H groups in total. The molecular formula is C32H43N5O6. The van der Waals surface area contributed by atoms with Gasteiger partial charge in [-0.2, -0.15) is 0 Å². The van der Waals surface area contributed by atoms with Crippen molar-refractivity contribution in [3.8, 4) is 0 Å². The van der Waals surface area contributed by atoms with Crippen molar-refractivity contribution in [3.05, 3.63) is 66.0 Å². The van der Waals surface area contributed by atoms with E-state index >= 15 is 0 Å². The van der Waals surface area contributed by atoms with Gasteiger partial charge in [-0.25, -0.2) is 9.59 Å². The zero-order chi connectivity index (χ0) is 30.1. The van der Waals surface area contributed by atoms with Crippen LogP contribution in [0.3, 0.4) is 0 Å². The first-order valence-electron chi connectivity index (χ1n) is 15.4. The van der Waals surface area contributed by atoms with Gasteiger partial charge in [-0.1, -0.05) is 36.8 Å². The van der Waals surface area contributed by atoms with Crippen molar-refractivity contribution in [1.29, 1.82) is 0 Å². The van der Waals surface area contributed by atoms with Crippen molar-refractivity contribution in [2.24, 2.45) is 5.41 Å². The number of benzene rings is 1. The Bertz CT molecular complexity index is 1210. The number of unbranched alkanes of at least 4 members (excludes halogenated alkanes) is 1. The third-order valence-electron chi connectivity index (χ3n) is 8.70. The van der Waals surface area contributed by atoms with E-state index in [1.807, 2.05) is 49.4 Å². The number of carbonyl (C=O) groups excluding carboxylic acids is 3. The second-order valence-electron chi connectivity index (χ2n) is 11.8. The quantitative estimate of drug-likeness (QED) is 0.249. The first kappa shape index (κ1) is 30.9. The third-order valence-corrected chi connectivity index (χ3v) is 8.70. The minimum Gasteiger partial charge on any atom is -0.449 e. The first-order chi connectivity index (χ1) is 20.9. The molecule has 232 valence electrons. The normalized spacial score (nSPS) is 22.0. The molecule has 2 saturated heterocycles. The fraction of sp³-hybridized carbons (Fsp3) is 0.562. The number of urea groups is 1. The molecule has 3 fully saturated rings. The number of carbonyl (C=O) groups is 3. The Balaban J connectivity index is 1.13. The summed E-state index contributed by atoms with van der Waals surface area (Å²) in [4.78, 5) is 50.5. The molecule has 11 heteroatoms. The van der Waals surface area contributed by atoms with Crippen LogP contribution in [0.5, 0.6) is 0 Å². The third kappa shape index (κ3) is 8.52. The molecule has 43 heavy (non-hydrogen) atoms. The van der Waals surface area contributed by atoms with Gasteiger partial charge in [0.1, 0.15) is 0 Å². The van der Waals surface area contributed by atoms with E-state index in [9.17, 15) is 14.4 Å². The number of hydrogen-bond acceptors (Lipinski definition) is 8. The van der Waals surface area contributed by atoms with E-state index in [1.165, 1.54) is 5.56 Å². The summed E-state index contributed by atoms with van der Waals surface area (Å²) in [6.07, 6.45) is 7.85. The van der Waals surface area contributed by atoms with Gasteiger partial charge in [0.25, 0.3) is 0 Å². The van der Waals surface area contributed by atoms with Gasteiger partial charge in [0.15, 0.2) is 0 Å². The Morgan fingerprint density at radius 3 is 2.51 bits per heavy atom. The lowest BCUT2D eigenvalue weighted by molar-refractivity contribution is -0.122. The number of alkyl carbamates (subject to hydrolysis) is 1. The second-order valence-corrected chi connectivity index (χ2v) is 11.8. The fourth-order valence-corrected chi connectivity index (χ4v) is 5.83. The Hall–Kier alpha value is -3.54. The van der Waals surface area contributed by atoms with Gasteiger partial charge in [0.2, 0.25) is 12.0 Å². The number of nitrogens with one attached hydrogen (secondary N) is 2. The van der Waals surface area contributed by atoms with Crippen molar-refractivity contribution in [2.75, 3.05) is 39.5 Å². The predicted octanol–water partition coefficient (Wildman–Crippen LogP) is 4.00. The predicted molar refractivity (Wildman–Crippen MR) is 159 cm³/mol. The van der Waals surface area contributed by atoms with Crippen molar-refractivity contribution in [1.82, 2.24) is 25.6 Å². The molecular weight excluding hydrogens is 550 g/mol. The number of morpholine rings is 1. The minimum atomic E-state index is -0.766. The highest BCUT2D eigenvalue weighted by molar-refractivity contribution is 5.91. The summed E-state index contributed by atoms with van der Waals surface area (Å²) >= 11 is 0. The van der Waals surface area contributed by atoms with Gasteiger partial charge in [-0.05, 0) is 68.7 Å². The van der Waals surface area contributed by atoms with Gasteiger partial charge in [-0.3, -0.25) is 14.6 Å². The van der Waals surface area contributed by atoms with E-state index in [0.717, 1.165) is 31.2 Å². The molecule has 1 aliphatic carbocycles. The van der Waals surface area contributed by atoms with Crippen LogP contribution in [0.25, 0.3) is 0 Å². The van der Waals surface area contributed by atoms with Crippen LogP contribution >= 0.6 is 0 Å². The molecule has 2 unspecified atom stereocenters. The highest BCUT2D eigenvalue weighted by atomic mass is 16.8. The molecule has 0 bridgehead atoms. The maximum atomic E-state index is 13.5. The summed E-state index contributed by atoms with van der Waals surface area (Å²) in [6.45, 7) is 5.02. The van der Waals surface area contributed by atoms with Crippen molar-refractivity contribution in [3.63, 3.8) is 0 Å². The standard InChI is InChI=1S/C32H43N5O6/c1-24(26-8-3-2-4-9-26)37-29(43-37)28(38)27(10-5-6-15-34-30(39)36-18-20-41-21-19-36)35-31(40)42-23-32(13-7-14-32)22-25-11-16-33-17-12-25/h2-4,8-9,11-12,16-17,24,27,29H,5-7,10,13-15,18-23H2,1H3,(H,34,39)(H,35,40)/t24-,27+,29?,37?/m1/s1. The summed E-state index contributed by atoms with van der Waals surface area (Å²) < 4.78 is 11.0. The monoisotopic (exact) mass is 593 g/mol. The number of nitrogens with zero attached hydrogens (tertiary/aromatic N) is 3. The van der Waals surface area contributed by atoms with Gasteiger partial charge in [0.05, 0.1) is 31.9 Å². The number of pyridine rings is 1. The molecule has 3 amide bonds. The van der Waals surface area contributed by atoms with Crippen LogP contribution in [0.1, 0.15) is 62.6 Å². The number of ether oxygens (including phenoxy) is 2. The first-order valence-corrected chi connectivity index (χ1v) is 15.4. The van der Waals surface area contributed by atoms with Gasteiger partial charge in [0, 0.05) is 37.4 Å². The summed E-state index contributed by atoms with van der Waals surface area (Å²) in [7, 11) is 0. The molecule has 1 saturated carbocycles. The lowest BCUT2D eigenvalue weighted by Crippen LogP contribution is -2.46. The number of aromatic nitrogens is 1. The van der Waals surface area contributed by atoms with Gasteiger partial charge >= 0.3 is 12.1 Å². The number of Topliss-reactive ketones (excluding diaryl/α,β-unsaturated/α-hetero) is 1. The lowest BCUT2D eigenvalue weighted by Gasteiger charge is -2.41. The van der Waals surface area contributed by atoms with Crippen LogP contribution < -0.4 is 10.6 Å².